The van der Waals surface area contributed by atoms with Gasteiger partial charge in [-0.2, -0.15) is 0 Å². The summed E-state index contributed by atoms with van der Waals surface area (Å²) in [5, 5.41) is 1.65. The van der Waals surface area contributed by atoms with E-state index in [1.165, 1.54) is 23.3 Å². The fourth-order valence-corrected chi connectivity index (χ4v) is 4.58. The van der Waals surface area contributed by atoms with Crippen LogP contribution in [-0.4, -0.2) is 17.1 Å². The lowest BCUT2D eigenvalue weighted by Gasteiger charge is -2.10. The van der Waals surface area contributed by atoms with Crippen LogP contribution in [0.15, 0.2) is 24.3 Å². The summed E-state index contributed by atoms with van der Waals surface area (Å²) < 4.78 is 5.19. The Hall–Kier alpha value is -1.65. The number of rotatable bonds is 2. The number of thiophene rings is 1. The number of halogens is 1. The number of benzene rings is 1. The summed E-state index contributed by atoms with van der Waals surface area (Å²) in [5.41, 5.74) is 2.33. The van der Waals surface area contributed by atoms with Gasteiger partial charge in [-0.15, -0.1) is 11.3 Å². The molecular formula is C17H15ClN2OS. The molecule has 0 radical (unpaired) electrons. The molecule has 2 heterocycles. The maximum atomic E-state index is 6.48. The lowest BCUT2D eigenvalue weighted by molar-refractivity contribution is 0.415. The van der Waals surface area contributed by atoms with E-state index in [0.717, 1.165) is 34.4 Å². The Morgan fingerprint density at radius 3 is 2.64 bits per heavy atom. The third-order valence-electron chi connectivity index (χ3n) is 4.12. The summed E-state index contributed by atoms with van der Waals surface area (Å²) in [6.45, 7) is 0. The average Bonchev–Trinajstić information content (AvgIpc) is 2.93. The Morgan fingerprint density at radius 1 is 1.09 bits per heavy atom. The fraction of sp³-hybridized carbons (Fsp3) is 0.294. The van der Waals surface area contributed by atoms with Crippen molar-refractivity contribution in [2.24, 2.45) is 0 Å². The first-order valence-electron chi connectivity index (χ1n) is 7.38. The van der Waals surface area contributed by atoms with Crippen molar-refractivity contribution in [2.75, 3.05) is 7.11 Å². The third-order valence-corrected chi connectivity index (χ3v) is 5.58. The zero-order chi connectivity index (χ0) is 15.1. The van der Waals surface area contributed by atoms with E-state index in [2.05, 4.69) is 4.98 Å². The monoisotopic (exact) mass is 330 g/mol. The van der Waals surface area contributed by atoms with Crippen LogP contribution in [0.2, 0.25) is 5.15 Å². The smallest absolute Gasteiger partial charge is 0.162 e. The van der Waals surface area contributed by atoms with Crippen molar-refractivity contribution in [3.05, 3.63) is 39.9 Å². The van der Waals surface area contributed by atoms with Crippen LogP contribution >= 0.6 is 22.9 Å². The van der Waals surface area contributed by atoms with Crippen LogP contribution in [0.1, 0.15) is 23.3 Å². The predicted molar refractivity (Wildman–Crippen MR) is 91.1 cm³/mol. The van der Waals surface area contributed by atoms with Crippen LogP contribution in [0.25, 0.3) is 21.6 Å². The molecule has 4 rings (SSSR count). The Labute approximate surface area is 137 Å². The number of aryl methyl sites for hydroxylation is 2. The van der Waals surface area contributed by atoms with Crippen LogP contribution in [0.4, 0.5) is 0 Å². The molecule has 1 aliphatic carbocycles. The maximum absolute atomic E-state index is 6.48. The van der Waals surface area contributed by atoms with Crippen molar-refractivity contribution in [3.8, 4) is 17.1 Å². The predicted octanol–water partition coefficient (Wildman–Crippen LogP) is 4.90. The minimum absolute atomic E-state index is 0.579. The van der Waals surface area contributed by atoms with E-state index in [-0.39, 0.29) is 0 Å². The van der Waals surface area contributed by atoms with E-state index in [0.29, 0.717) is 11.0 Å². The molecule has 0 fully saturated rings. The molecule has 0 unspecified atom stereocenters. The van der Waals surface area contributed by atoms with Crippen molar-refractivity contribution in [1.82, 2.24) is 9.97 Å². The average molecular weight is 331 g/mol. The molecule has 0 saturated carbocycles. The zero-order valence-electron chi connectivity index (χ0n) is 12.2. The number of fused-ring (bicyclic) bond motifs is 3. The highest BCUT2D eigenvalue weighted by atomic mass is 35.5. The molecule has 112 valence electrons. The summed E-state index contributed by atoms with van der Waals surface area (Å²) in [5.74, 6) is 1.50. The fourth-order valence-electron chi connectivity index (χ4n) is 2.98. The van der Waals surface area contributed by atoms with Gasteiger partial charge in [-0.1, -0.05) is 11.6 Å². The van der Waals surface area contributed by atoms with E-state index in [9.17, 15) is 0 Å². The van der Waals surface area contributed by atoms with Crippen LogP contribution in [0.3, 0.4) is 0 Å². The van der Waals surface area contributed by atoms with Crippen molar-refractivity contribution in [3.63, 3.8) is 0 Å². The summed E-state index contributed by atoms with van der Waals surface area (Å²) in [6.07, 6.45) is 4.73. The minimum Gasteiger partial charge on any atom is -0.497 e. The largest absolute Gasteiger partial charge is 0.497 e. The van der Waals surface area contributed by atoms with Gasteiger partial charge >= 0.3 is 0 Å². The van der Waals surface area contributed by atoms with Gasteiger partial charge in [0.25, 0.3) is 0 Å². The summed E-state index contributed by atoms with van der Waals surface area (Å²) >= 11 is 8.25. The molecule has 1 aliphatic rings. The second kappa shape index (κ2) is 5.52. The Bertz CT molecular complexity index is 842. The molecular weight excluding hydrogens is 316 g/mol. The normalized spacial score (nSPS) is 14.1. The van der Waals surface area contributed by atoms with Crippen molar-refractivity contribution >= 4 is 33.2 Å². The van der Waals surface area contributed by atoms with Crippen LogP contribution in [-0.2, 0) is 12.8 Å². The van der Waals surface area contributed by atoms with Crippen LogP contribution < -0.4 is 4.74 Å². The molecule has 3 aromatic rings. The summed E-state index contributed by atoms with van der Waals surface area (Å²) in [7, 11) is 1.66. The number of ether oxygens (including phenoxy) is 1. The van der Waals surface area contributed by atoms with Gasteiger partial charge in [0.05, 0.1) is 12.5 Å². The molecule has 0 spiro atoms. The Balaban J connectivity index is 1.85. The second-order valence-electron chi connectivity index (χ2n) is 5.46. The highest BCUT2D eigenvalue weighted by Crippen LogP contribution is 2.39. The highest BCUT2D eigenvalue weighted by Gasteiger charge is 2.20. The van der Waals surface area contributed by atoms with Gasteiger partial charge in [-0.05, 0) is 55.5 Å². The molecule has 1 aromatic carbocycles. The summed E-state index contributed by atoms with van der Waals surface area (Å²) in [6, 6.07) is 7.75. The summed E-state index contributed by atoms with van der Waals surface area (Å²) in [4.78, 5) is 11.7. The Morgan fingerprint density at radius 2 is 1.86 bits per heavy atom. The standard InChI is InChI=1S/C17H15ClN2OS/c1-21-11-8-6-10(7-9-11)16-19-15(18)14-12-4-2-3-5-13(12)22-17(14)20-16/h6-9H,2-5H2,1H3. The molecule has 5 heteroatoms. The van der Waals surface area contributed by atoms with E-state index < -0.39 is 0 Å². The number of nitrogens with zero attached hydrogens (tertiary/aromatic N) is 2. The highest BCUT2D eigenvalue weighted by molar-refractivity contribution is 7.19. The molecule has 0 aliphatic heterocycles. The molecule has 0 atom stereocenters. The van der Waals surface area contributed by atoms with E-state index >= 15 is 0 Å². The van der Waals surface area contributed by atoms with Gasteiger partial charge < -0.3 is 4.74 Å². The van der Waals surface area contributed by atoms with Gasteiger partial charge in [-0.25, -0.2) is 9.97 Å². The first-order chi connectivity index (χ1) is 10.8. The maximum Gasteiger partial charge on any atom is 0.162 e. The quantitative estimate of drug-likeness (QED) is 0.627. The number of aromatic nitrogens is 2. The first kappa shape index (κ1) is 14.0. The van der Waals surface area contributed by atoms with Crippen molar-refractivity contribution in [1.29, 1.82) is 0 Å². The van der Waals surface area contributed by atoms with Gasteiger partial charge in [0.2, 0.25) is 0 Å². The zero-order valence-corrected chi connectivity index (χ0v) is 13.8. The number of methoxy groups -OCH3 is 1. The van der Waals surface area contributed by atoms with Gasteiger partial charge in [-0.3, -0.25) is 0 Å². The number of hydrogen-bond donors (Lipinski definition) is 0. The van der Waals surface area contributed by atoms with Crippen molar-refractivity contribution < 1.29 is 4.74 Å². The van der Waals surface area contributed by atoms with Crippen LogP contribution in [0.5, 0.6) is 5.75 Å². The van der Waals surface area contributed by atoms with E-state index in [4.69, 9.17) is 21.3 Å². The Kier molecular flexibility index (Phi) is 3.51. The van der Waals surface area contributed by atoms with Crippen LogP contribution in [0, 0.1) is 0 Å². The van der Waals surface area contributed by atoms with E-state index in [1.54, 1.807) is 18.4 Å². The molecule has 22 heavy (non-hydrogen) atoms. The lowest BCUT2D eigenvalue weighted by Crippen LogP contribution is -1.98. The molecule has 0 bridgehead atoms. The van der Waals surface area contributed by atoms with E-state index in [1.807, 2.05) is 24.3 Å². The molecule has 0 saturated heterocycles. The molecule has 0 N–H and O–H groups in total. The third kappa shape index (κ3) is 2.27. The first-order valence-corrected chi connectivity index (χ1v) is 8.58. The van der Waals surface area contributed by atoms with Gasteiger partial charge in [0, 0.05) is 10.4 Å². The lowest BCUT2D eigenvalue weighted by atomic mass is 9.97. The second-order valence-corrected chi connectivity index (χ2v) is 6.90. The topological polar surface area (TPSA) is 35.0 Å². The molecule has 0 amide bonds. The van der Waals surface area contributed by atoms with Gasteiger partial charge in [0.1, 0.15) is 15.7 Å². The number of hydrogen-bond acceptors (Lipinski definition) is 4. The van der Waals surface area contributed by atoms with Crippen molar-refractivity contribution in [2.45, 2.75) is 25.7 Å². The van der Waals surface area contributed by atoms with Gasteiger partial charge in [0.15, 0.2) is 5.82 Å². The molecule has 3 nitrogen and oxygen atoms in total. The SMILES string of the molecule is COc1ccc(-c2nc(Cl)c3c4c(sc3n2)CCCC4)cc1. The minimum atomic E-state index is 0.579. The molecule has 2 aromatic heterocycles.